The number of benzene rings is 2. The summed E-state index contributed by atoms with van der Waals surface area (Å²) in [6.45, 7) is 6.70. The van der Waals surface area contributed by atoms with Crippen LogP contribution in [-0.2, 0) is 17.8 Å². The first-order valence-electron chi connectivity index (χ1n) is 10.4. The van der Waals surface area contributed by atoms with Gasteiger partial charge in [-0.05, 0) is 43.3 Å². The van der Waals surface area contributed by atoms with E-state index < -0.39 is 0 Å². The lowest BCUT2D eigenvalue weighted by Crippen LogP contribution is -2.26. The van der Waals surface area contributed by atoms with Crippen LogP contribution in [0.1, 0.15) is 21.7 Å². The molecule has 0 bridgehead atoms. The second-order valence-corrected chi connectivity index (χ2v) is 8.18. The Morgan fingerprint density at radius 2 is 1.85 bits per heavy atom. The van der Waals surface area contributed by atoms with E-state index in [0.29, 0.717) is 41.8 Å². The number of carbonyl (C=O) groups excluding carboxylic acids is 2. The van der Waals surface area contributed by atoms with Crippen molar-refractivity contribution >= 4 is 29.3 Å². The molecule has 8 nitrogen and oxygen atoms in total. The third kappa shape index (κ3) is 6.95. The summed E-state index contributed by atoms with van der Waals surface area (Å²) < 4.78 is 7.01. The molecule has 0 atom stereocenters. The number of allylic oxidation sites excluding steroid dienone is 1. The van der Waals surface area contributed by atoms with Crippen LogP contribution in [0.25, 0.3) is 0 Å². The monoisotopic (exact) mass is 465 g/mol. The fraction of sp³-hybridized carbons (Fsp3) is 0.250. The number of aromatic nitrogens is 3. The number of methoxy groups -OCH3 is 1. The van der Waals surface area contributed by atoms with Crippen LogP contribution in [0.4, 0.5) is 5.69 Å². The van der Waals surface area contributed by atoms with Gasteiger partial charge in [0.05, 0.1) is 12.9 Å². The zero-order valence-electron chi connectivity index (χ0n) is 18.7. The topological polar surface area (TPSA) is 98.1 Å². The van der Waals surface area contributed by atoms with E-state index in [1.165, 1.54) is 11.8 Å². The van der Waals surface area contributed by atoms with Crippen molar-refractivity contribution in [1.29, 1.82) is 0 Å². The van der Waals surface area contributed by atoms with Gasteiger partial charge in [-0.25, -0.2) is 0 Å². The highest BCUT2D eigenvalue weighted by Gasteiger charge is 2.14. The molecule has 0 spiro atoms. The Bertz CT molecular complexity index is 1090. The summed E-state index contributed by atoms with van der Waals surface area (Å²) in [7, 11) is 1.58. The van der Waals surface area contributed by atoms with Gasteiger partial charge in [0.2, 0.25) is 5.91 Å². The predicted octanol–water partition coefficient (Wildman–Crippen LogP) is 3.48. The van der Waals surface area contributed by atoms with Gasteiger partial charge < -0.3 is 19.9 Å². The van der Waals surface area contributed by atoms with Gasteiger partial charge in [-0.1, -0.05) is 35.5 Å². The highest BCUT2D eigenvalue weighted by Crippen LogP contribution is 2.18. The minimum Gasteiger partial charge on any atom is -0.497 e. The van der Waals surface area contributed by atoms with E-state index in [0.717, 1.165) is 11.3 Å². The van der Waals surface area contributed by atoms with Crippen molar-refractivity contribution in [3.63, 3.8) is 0 Å². The lowest BCUT2D eigenvalue weighted by molar-refractivity contribution is -0.113. The second kappa shape index (κ2) is 11.9. The number of ether oxygens (including phenoxy) is 1. The maximum atomic E-state index is 12.3. The van der Waals surface area contributed by atoms with Gasteiger partial charge in [-0.3, -0.25) is 9.59 Å². The zero-order chi connectivity index (χ0) is 23.6. The van der Waals surface area contributed by atoms with E-state index in [2.05, 4.69) is 27.4 Å². The average molecular weight is 466 g/mol. The fourth-order valence-corrected chi connectivity index (χ4v) is 3.79. The van der Waals surface area contributed by atoms with Crippen LogP contribution in [0.2, 0.25) is 0 Å². The Kier molecular flexibility index (Phi) is 8.65. The first-order valence-corrected chi connectivity index (χ1v) is 11.4. The maximum absolute atomic E-state index is 12.3. The Labute approximate surface area is 197 Å². The van der Waals surface area contributed by atoms with E-state index in [1.54, 1.807) is 37.5 Å². The molecule has 0 saturated carbocycles. The molecule has 0 aliphatic carbocycles. The fourth-order valence-electron chi connectivity index (χ4n) is 3.02. The molecule has 3 aromatic rings. The van der Waals surface area contributed by atoms with Crippen LogP contribution in [0.15, 0.2) is 66.3 Å². The standard InChI is InChI=1S/C24H27N5O3S/c1-4-15-29-21(13-14-25-23(31)18-7-11-20(32-3)12-8-18)27-28-24(29)33-16-22(30)26-19-9-5-17(2)6-10-19/h4-12H,1,13-16H2,2-3H3,(H,25,31)(H,26,30). The van der Waals surface area contributed by atoms with Crippen LogP contribution >= 0.6 is 11.8 Å². The summed E-state index contributed by atoms with van der Waals surface area (Å²) >= 11 is 1.31. The van der Waals surface area contributed by atoms with Crippen LogP contribution < -0.4 is 15.4 Å². The van der Waals surface area contributed by atoms with Crippen LogP contribution in [-0.4, -0.2) is 46.0 Å². The van der Waals surface area contributed by atoms with Gasteiger partial charge in [0.1, 0.15) is 11.6 Å². The summed E-state index contributed by atoms with van der Waals surface area (Å²) in [6.07, 6.45) is 2.25. The third-order valence-electron chi connectivity index (χ3n) is 4.76. The van der Waals surface area contributed by atoms with Gasteiger partial charge in [0.25, 0.3) is 5.91 Å². The summed E-state index contributed by atoms with van der Waals surface area (Å²) in [5, 5.41) is 14.9. The number of nitrogens with zero attached hydrogens (tertiary/aromatic N) is 3. The van der Waals surface area contributed by atoms with Gasteiger partial charge in [-0.2, -0.15) is 0 Å². The number of rotatable bonds is 11. The van der Waals surface area contributed by atoms with Gasteiger partial charge in [0.15, 0.2) is 5.16 Å². The minimum atomic E-state index is -0.171. The maximum Gasteiger partial charge on any atom is 0.251 e. The van der Waals surface area contributed by atoms with Gasteiger partial charge in [0, 0.05) is 30.8 Å². The molecule has 0 fully saturated rings. The molecule has 2 amide bonds. The molecule has 3 rings (SSSR count). The van der Waals surface area contributed by atoms with E-state index in [-0.39, 0.29) is 17.6 Å². The third-order valence-corrected chi connectivity index (χ3v) is 5.73. The average Bonchev–Trinajstić information content (AvgIpc) is 3.21. The summed E-state index contributed by atoms with van der Waals surface area (Å²) in [5.74, 6) is 1.32. The van der Waals surface area contributed by atoms with Crippen molar-refractivity contribution in [2.75, 3.05) is 24.7 Å². The Hall–Kier alpha value is -3.59. The normalized spacial score (nSPS) is 10.5. The van der Waals surface area contributed by atoms with Crippen molar-refractivity contribution in [1.82, 2.24) is 20.1 Å². The molecule has 2 N–H and O–H groups in total. The molecular weight excluding hydrogens is 438 g/mol. The summed E-state index contributed by atoms with van der Waals surface area (Å²) in [5.41, 5.74) is 2.44. The number of carbonyl (C=O) groups is 2. The quantitative estimate of drug-likeness (QED) is 0.332. The lowest BCUT2D eigenvalue weighted by Gasteiger charge is -2.09. The largest absolute Gasteiger partial charge is 0.497 e. The van der Waals surface area contributed by atoms with Crippen molar-refractivity contribution in [2.45, 2.75) is 25.0 Å². The van der Waals surface area contributed by atoms with Crippen LogP contribution in [0.5, 0.6) is 5.75 Å². The van der Waals surface area contributed by atoms with Crippen molar-refractivity contribution < 1.29 is 14.3 Å². The molecule has 0 unspecified atom stereocenters. The van der Waals surface area contributed by atoms with E-state index in [9.17, 15) is 9.59 Å². The van der Waals surface area contributed by atoms with Crippen LogP contribution in [0.3, 0.4) is 0 Å². The molecule has 0 saturated heterocycles. The number of anilines is 1. The molecule has 0 radical (unpaired) electrons. The van der Waals surface area contributed by atoms with Gasteiger partial charge >= 0.3 is 0 Å². The van der Waals surface area contributed by atoms with E-state index in [4.69, 9.17) is 4.74 Å². The SMILES string of the molecule is C=CCn1c(CCNC(=O)c2ccc(OC)cc2)nnc1SCC(=O)Nc1ccc(C)cc1. The Morgan fingerprint density at radius 1 is 1.12 bits per heavy atom. The number of amides is 2. The molecule has 33 heavy (non-hydrogen) atoms. The van der Waals surface area contributed by atoms with Crippen molar-refractivity contribution in [3.8, 4) is 5.75 Å². The Morgan fingerprint density at radius 3 is 2.52 bits per heavy atom. The molecule has 2 aromatic carbocycles. The first-order chi connectivity index (χ1) is 16.0. The highest BCUT2D eigenvalue weighted by atomic mass is 32.2. The first kappa shape index (κ1) is 24.1. The smallest absolute Gasteiger partial charge is 0.251 e. The number of hydrogen-bond donors (Lipinski definition) is 2. The number of hydrogen-bond acceptors (Lipinski definition) is 6. The molecular formula is C24H27N5O3S. The number of aryl methyl sites for hydroxylation is 1. The minimum absolute atomic E-state index is 0.120. The molecule has 172 valence electrons. The highest BCUT2D eigenvalue weighted by molar-refractivity contribution is 7.99. The predicted molar refractivity (Wildman–Crippen MR) is 130 cm³/mol. The summed E-state index contributed by atoms with van der Waals surface area (Å²) in [6, 6.07) is 14.6. The second-order valence-electron chi connectivity index (χ2n) is 7.24. The zero-order valence-corrected chi connectivity index (χ0v) is 19.5. The number of thioether (sulfide) groups is 1. The molecule has 0 aliphatic heterocycles. The number of nitrogens with one attached hydrogen (secondary N) is 2. The van der Waals surface area contributed by atoms with Gasteiger partial charge in [-0.15, -0.1) is 16.8 Å². The van der Waals surface area contributed by atoms with Crippen LogP contribution in [0, 0.1) is 6.92 Å². The lowest BCUT2D eigenvalue weighted by atomic mass is 10.2. The Balaban J connectivity index is 1.53. The van der Waals surface area contributed by atoms with Crippen molar-refractivity contribution in [3.05, 3.63) is 78.1 Å². The molecule has 9 heteroatoms. The van der Waals surface area contributed by atoms with E-state index >= 15 is 0 Å². The van der Waals surface area contributed by atoms with Crippen molar-refractivity contribution in [2.24, 2.45) is 0 Å². The molecule has 0 aliphatic rings. The van der Waals surface area contributed by atoms with E-state index in [1.807, 2.05) is 35.8 Å². The summed E-state index contributed by atoms with van der Waals surface area (Å²) in [4.78, 5) is 24.6. The molecule has 1 heterocycles. The molecule has 1 aromatic heterocycles.